The SMILES string of the molecule is [CH2]CCCNC(=O)CCCCCCCCCCCCCCCCC. The van der Waals surface area contributed by atoms with Gasteiger partial charge >= 0.3 is 0 Å². The van der Waals surface area contributed by atoms with Crippen LogP contribution in [0.25, 0.3) is 0 Å². The molecule has 0 heterocycles. The molecular weight excluding hydrogens is 294 g/mol. The van der Waals surface area contributed by atoms with Gasteiger partial charge in [0.25, 0.3) is 0 Å². The van der Waals surface area contributed by atoms with Crippen molar-refractivity contribution in [1.82, 2.24) is 5.32 Å². The second kappa shape index (κ2) is 20.5. The van der Waals surface area contributed by atoms with Crippen molar-refractivity contribution in [2.45, 2.75) is 122 Å². The zero-order valence-electron chi connectivity index (χ0n) is 16.6. The molecule has 1 radical (unpaired) electrons. The average molecular weight is 339 g/mol. The fourth-order valence-corrected chi connectivity index (χ4v) is 3.10. The van der Waals surface area contributed by atoms with Gasteiger partial charge in [0.05, 0.1) is 0 Å². The molecule has 1 N–H and O–H groups in total. The standard InChI is InChI=1S/C22H44NO/c1-3-5-7-8-9-10-11-12-13-14-15-16-17-18-19-20-22(24)23-21-6-4-2/h2-21H2,1H3,(H,23,24). The van der Waals surface area contributed by atoms with Crippen LogP contribution in [0.5, 0.6) is 0 Å². The van der Waals surface area contributed by atoms with Gasteiger partial charge in [-0.2, -0.15) is 0 Å². The van der Waals surface area contributed by atoms with Crippen molar-refractivity contribution in [2.75, 3.05) is 6.54 Å². The molecule has 0 aromatic rings. The van der Waals surface area contributed by atoms with Crippen LogP contribution in [-0.2, 0) is 4.79 Å². The molecular formula is C22H44NO. The zero-order valence-corrected chi connectivity index (χ0v) is 16.6. The number of rotatable bonds is 19. The molecule has 0 aliphatic carbocycles. The molecule has 1 amide bonds. The Hall–Kier alpha value is -0.530. The molecule has 143 valence electrons. The van der Waals surface area contributed by atoms with Crippen LogP contribution in [0, 0.1) is 6.92 Å². The first-order valence-electron chi connectivity index (χ1n) is 10.9. The Kier molecular flexibility index (Phi) is 20.1. The normalized spacial score (nSPS) is 10.9. The van der Waals surface area contributed by atoms with Crippen molar-refractivity contribution in [2.24, 2.45) is 0 Å². The van der Waals surface area contributed by atoms with Gasteiger partial charge in [-0.3, -0.25) is 4.79 Å². The Bertz CT molecular complexity index is 252. The topological polar surface area (TPSA) is 29.1 Å². The number of carbonyl (C=O) groups is 1. The van der Waals surface area contributed by atoms with E-state index in [1.54, 1.807) is 0 Å². The van der Waals surface area contributed by atoms with Gasteiger partial charge < -0.3 is 5.32 Å². The molecule has 0 atom stereocenters. The summed E-state index contributed by atoms with van der Waals surface area (Å²) in [5.41, 5.74) is 0. The van der Waals surface area contributed by atoms with Crippen LogP contribution in [0.1, 0.15) is 122 Å². The fourth-order valence-electron chi connectivity index (χ4n) is 3.10. The number of nitrogens with one attached hydrogen (secondary N) is 1. The van der Waals surface area contributed by atoms with Gasteiger partial charge in [0.15, 0.2) is 0 Å². The molecule has 0 bridgehead atoms. The maximum Gasteiger partial charge on any atom is 0.219 e. The van der Waals surface area contributed by atoms with Crippen LogP contribution in [0.2, 0.25) is 0 Å². The van der Waals surface area contributed by atoms with E-state index in [1.165, 1.54) is 89.9 Å². The van der Waals surface area contributed by atoms with Gasteiger partial charge in [-0.25, -0.2) is 0 Å². The summed E-state index contributed by atoms with van der Waals surface area (Å²) in [6.07, 6.45) is 23.1. The average Bonchev–Trinajstić information content (AvgIpc) is 2.58. The van der Waals surface area contributed by atoms with Crippen LogP contribution >= 0.6 is 0 Å². The minimum atomic E-state index is 0.221. The van der Waals surface area contributed by atoms with Crippen molar-refractivity contribution < 1.29 is 4.79 Å². The van der Waals surface area contributed by atoms with E-state index in [0.29, 0.717) is 6.42 Å². The Labute approximate surface area is 152 Å². The largest absolute Gasteiger partial charge is 0.356 e. The van der Waals surface area contributed by atoms with E-state index in [1.807, 2.05) is 0 Å². The third-order valence-electron chi connectivity index (χ3n) is 4.76. The van der Waals surface area contributed by atoms with Crippen LogP contribution < -0.4 is 5.32 Å². The molecule has 0 rings (SSSR count). The highest BCUT2D eigenvalue weighted by Gasteiger charge is 2.00. The second-order valence-electron chi connectivity index (χ2n) is 7.26. The van der Waals surface area contributed by atoms with Gasteiger partial charge in [0, 0.05) is 13.0 Å². The Morgan fingerprint density at radius 3 is 1.50 bits per heavy atom. The molecule has 0 saturated carbocycles. The van der Waals surface area contributed by atoms with E-state index in [-0.39, 0.29) is 5.91 Å². The van der Waals surface area contributed by atoms with Gasteiger partial charge in [0.1, 0.15) is 0 Å². The van der Waals surface area contributed by atoms with Gasteiger partial charge in [-0.1, -0.05) is 110 Å². The quantitative estimate of drug-likeness (QED) is 0.253. The van der Waals surface area contributed by atoms with Gasteiger partial charge in [-0.05, 0) is 12.8 Å². The van der Waals surface area contributed by atoms with Crippen molar-refractivity contribution >= 4 is 5.91 Å². The molecule has 0 aromatic carbocycles. The molecule has 0 aromatic heterocycles. The van der Waals surface area contributed by atoms with Crippen LogP contribution in [0.15, 0.2) is 0 Å². The Morgan fingerprint density at radius 1 is 0.667 bits per heavy atom. The first-order valence-corrected chi connectivity index (χ1v) is 10.9. The summed E-state index contributed by atoms with van der Waals surface area (Å²) in [5, 5.41) is 2.95. The molecule has 0 fully saturated rings. The summed E-state index contributed by atoms with van der Waals surface area (Å²) in [4.78, 5) is 11.5. The molecule has 24 heavy (non-hydrogen) atoms. The number of carbonyl (C=O) groups excluding carboxylic acids is 1. The second-order valence-corrected chi connectivity index (χ2v) is 7.26. The lowest BCUT2D eigenvalue weighted by Crippen LogP contribution is -2.23. The van der Waals surface area contributed by atoms with E-state index in [0.717, 1.165) is 25.8 Å². The third-order valence-corrected chi connectivity index (χ3v) is 4.76. The fraction of sp³-hybridized carbons (Fsp3) is 0.909. The predicted octanol–water partition coefficient (Wildman–Crippen LogP) is 6.98. The number of hydrogen-bond acceptors (Lipinski definition) is 1. The Balaban J connectivity index is 3.06. The number of hydrogen-bond donors (Lipinski definition) is 1. The third kappa shape index (κ3) is 19.5. The highest BCUT2D eigenvalue weighted by atomic mass is 16.1. The Morgan fingerprint density at radius 2 is 1.08 bits per heavy atom. The summed E-state index contributed by atoms with van der Waals surface area (Å²) in [7, 11) is 0. The first-order chi connectivity index (χ1) is 11.8. The molecule has 0 saturated heterocycles. The van der Waals surface area contributed by atoms with Crippen molar-refractivity contribution in [3.63, 3.8) is 0 Å². The lowest BCUT2D eigenvalue weighted by atomic mass is 10.0. The van der Waals surface area contributed by atoms with E-state index >= 15 is 0 Å². The maximum atomic E-state index is 11.5. The lowest BCUT2D eigenvalue weighted by molar-refractivity contribution is -0.121. The zero-order chi connectivity index (χ0) is 17.7. The van der Waals surface area contributed by atoms with Crippen molar-refractivity contribution in [1.29, 1.82) is 0 Å². The lowest BCUT2D eigenvalue weighted by Gasteiger charge is -2.05. The maximum absolute atomic E-state index is 11.5. The van der Waals surface area contributed by atoms with Crippen LogP contribution in [0.4, 0.5) is 0 Å². The molecule has 0 aliphatic heterocycles. The van der Waals surface area contributed by atoms with E-state index in [4.69, 9.17) is 0 Å². The monoisotopic (exact) mass is 338 g/mol. The summed E-state index contributed by atoms with van der Waals surface area (Å²) in [6.45, 7) is 6.85. The number of amides is 1. The first kappa shape index (κ1) is 23.5. The molecule has 0 unspecified atom stereocenters. The van der Waals surface area contributed by atoms with Crippen LogP contribution in [0.3, 0.4) is 0 Å². The molecule has 2 nitrogen and oxygen atoms in total. The van der Waals surface area contributed by atoms with E-state index in [9.17, 15) is 4.79 Å². The van der Waals surface area contributed by atoms with Crippen molar-refractivity contribution in [3.05, 3.63) is 6.92 Å². The summed E-state index contributed by atoms with van der Waals surface area (Å²) < 4.78 is 0. The van der Waals surface area contributed by atoms with Gasteiger partial charge in [-0.15, -0.1) is 0 Å². The van der Waals surface area contributed by atoms with Crippen molar-refractivity contribution in [3.8, 4) is 0 Å². The summed E-state index contributed by atoms with van der Waals surface area (Å²) in [6, 6.07) is 0. The van der Waals surface area contributed by atoms with Crippen LogP contribution in [-0.4, -0.2) is 12.5 Å². The minimum absolute atomic E-state index is 0.221. The summed E-state index contributed by atoms with van der Waals surface area (Å²) >= 11 is 0. The highest BCUT2D eigenvalue weighted by Crippen LogP contribution is 2.13. The number of unbranched alkanes of at least 4 members (excludes halogenated alkanes) is 15. The molecule has 0 spiro atoms. The van der Waals surface area contributed by atoms with E-state index in [2.05, 4.69) is 19.2 Å². The predicted molar refractivity (Wildman–Crippen MR) is 107 cm³/mol. The highest BCUT2D eigenvalue weighted by molar-refractivity contribution is 5.75. The van der Waals surface area contributed by atoms with E-state index < -0.39 is 0 Å². The molecule has 2 heteroatoms. The smallest absolute Gasteiger partial charge is 0.219 e. The minimum Gasteiger partial charge on any atom is -0.356 e. The summed E-state index contributed by atoms with van der Waals surface area (Å²) in [5.74, 6) is 0.221. The molecule has 0 aliphatic rings. The van der Waals surface area contributed by atoms with Gasteiger partial charge in [0.2, 0.25) is 5.91 Å².